The largest absolute Gasteiger partial charge is 0.497 e. The van der Waals surface area contributed by atoms with Crippen LogP contribution in [0.5, 0.6) is 5.75 Å². The minimum absolute atomic E-state index is 0.560. The van der Waals surface area contributed by atoms with Crippen molar-refractivity contribution < 1.29 is 4.74 Å². The fourth-order valence-corrected chi connectivity index (χ4v) is 2.64. The summed E-state index contributed by atoms with van der Waals surface area (Å²) in [7, 11) is 3.91. The van der Waals surface area contributed by atoms with Gasteiger partial charge in [-0.05, 0) is 50.6 Å². The first kappa shape index (κ1) is 13.2. The van der Waals surface area contributed by atoms with Crippen molar-refractivity contribution >= 4 is 5.69 Å². The van der Waals surface area contributed by atoms with Gasteiger partial charge in [0.25, 0.3) is 0 Å². The predicted molar refractivity (Wildman–Crippen MR) is 76.3 cm³/mol. The van der Waals surface area contributed by atoms with E-state index in [0.29, 0.717) is 18.0 Å². The van der Waals surface area contributed by atoms with E-state index in [-0.39, 0.29) is 0 Å². The first-order chi connectivity index (χ1) is 8.60. The SMILES string of the molecule is COc1ccc(NC2CC(C)N(C)CC2C)cc1. The van der Waals surface area contributed by atoms with Crippen molar-refractivity contribution in [2.45, 2.75) is 32.4 Å². The second kappa shape index (κ2) is 5.61. The van der Waals surface area contributed by atoms with E-state index in [1.165, 1.54) is 12.1 Å². The Kier molecular flexibility index (Phi) is 4.12. The van der Waals surface area contributed by atoms with Crippen LogP contribution in [0.25, 0.3) is 0 Å². The molecule has 3 unspecified atom stereocenters. The summed E-state index contributed by atoms with van der Waals surface area (Å²) in [4.78, 5) is 2.44. The second-order valence-corrected chi connectivity index (χ2v) is 5.48. The summed E-state index contributed by atoms with van der Waals surface area (Å²) in [6.45, 7) is 5.78. The molecule has 3 atom stereocenters. The molecule has 0 amide bonds. The van der Waals surface area contributed by atoms with Gasteiger partial charge >= 0.3 is 0 Å². The summed E-state index contributed by atoms with van der Waals surface area (Å²) >= 11 is 0. The van der Waals surface area contributed by atoms with E-state index in [4.69, 9.17) is 4.74 Å². The van der Waals surface area contributed by atoms with Crippen LogP contribution in [0, 0.1) is 5.92 Å². The maximum absolute atomic E-state index is 5.18. The van der Waals surface area contributed by atoms with Crippen LogP contribution >= 0.6 is 0 Å². The Hall–Kier alpha value is -1.22. The maximum Gasteiger partial charge on any atom is 0.119 e. The molecule has 0 aliphatic carbocycles. The number of hydrogen-bond acceptors (Lipinski definition) is 3. The van der Waals surface area contributed by atoms with Gasteiger partial charge in [-0.25, -0.2) is 0 Å². The van der Waals surface area contributed by atoms with Crippen molar-refractivity contribution in [2.24, 2.45) is 5.92 Å². The number of likely N-dealkylation sites (tertiary alicyclic amines) is 1. The molecule has 100 valence electrons. The number of anilines is 1. The van der Waals surface area contributed by atoms with Crippen molar-refractivity contribution in [2.75, 3.05) is 26.0 Å². The second-order valence-electron chi connectivity index (χ2n) is 5.48. The molecule has 1 aliphatic heterocycles. The highest BCUT2D eigenvalue weighted by molar-refractivity contribution is 5.47. The van der Waals surface area contributed by atoms with Crippen LogP contribution in [0.1, 0.15) is 20.3 Å². The molecule has 1 fully saturated rings. The topological polar surface area (TPSA) is 24.5 Å². The van der Waals surface area contributed by atoms with Gasteiger partial charge in [0.2, 0.25) is 0 Å². The fourth-order valence-electron chi connectivity index (χ4n) is 2.64. The van der Waals surface area contributed by atoms with Crippen molar-refractivity contribution in [3.05, 3.63) is 24.3 Å². The van der Waals surface area contributed by atoms with E-state index in [1.54, 1.807) is 7.11 Å². The summed E-state index contributed by atoms with van der Waals surface area (Å²) in [6, 6.07) is 9.40. The van der Waals surface area contributed by atoms with Crippen LogP contribution < -0.4 is 10.1 Å². The third-order valence-corrected chi connectivity index (χ3v) is 4.05. The van der Waals surface area contributed by atoms with Gasteiger partial charge in [0.05, 0.1) is 7.11 Å². The Morgan fingerprint density at radius 3 is 2.50 bits per heavy atom. The van der Waals surface area contributed by atoms with Crippen molar-refractivity contribution in [3.8, 4) is 5.75 Å². The molecule has 0 aromatic heterocycles. The van der Waals surface area contributed by atoms with Crippen LogP contribution in [0.4, 0.5) is 5.69 Å². The highest BCUT2D eigenvalue weighted by Crippen LogP contribution is 2.25. The molecule has 1 aromatic carbocycles. The minimum Gasteiger partial charge on any atom is -0.497 e. The van der Waals surface area contributed by atoms with Crippen LogP contribution in [0.3, 0.4) is 0 Å². The van der Waals surface area contributed by atoms with Crippen LogP contribution in [-0.2, 0) is 0 Å². The lowest BCUT2D eigenvalue weighted by Gasteiger charge is -2.40. The first-order valence-corrected chi connectivity index (χ1v) is 6.71. The van der Waals surface area contributed by atoms with Gasteiger partial charge in [-0.3, -0.25) is 0 Å². The molecule has 1 aliphatic rings. The Bertz CT molecular complexity index is 377. The van der Waals surface area contributed by atoms with Gasteiger partial charge in [-0.15, -0.1) is 0 Å². The maximum atomic E-state index is 5.18. The molecule has 3 heteroatoms. The highest BCUT2D eigenvalue weighted by atomic mass is 16.5. The molecule has 0 bridgehead atoms. The number of piperidine rings is 1. The third kappa shape index (κ3) is 2.96. The smallest absolute Gasteiger partial charge is 0.119 e. The molecule has 1 saturated heterocycles. The molecule has 0 spiro atoms. The van der Waals surface area contributed by atoms with Crippen molar-refractivity contribution in [3.63, 3.8) is 0 Å². The number of nitrogens with zero attached hydrogens (tertiary/aromatic N) is 1. The molecule has 2 rings (SSSR count). The van der Waals surface area contributed by atoms with Crippen LogP contribution in [0.15, 0.2) is 24.3 Å². The van der Waals surface area contributed by atoms with Crippen LogP contribution in [-0.4, -0.2) is 37.7 Å². The molecule has 18 heavy (non-hydrogen) atoms. The number of hydrogen-bond donors (Lipinski definition) is 1. The third-order valence-electron chi connectivity index (χ3n) is 4.05. The first-order valence-electron chi connectivity index (χ1n) is 6.71. The van der Waals surface area contributed by atoms with Gasteiger partial charge in [-0.2, -0.15) is 0 Å². The lowest BCUT2D eigenvalue weighted by Crippen LogP contribution is -2.48. The molecular formula is C15H24N2O. The zero-order valence-corrected chi connectivity index (χ0v) is 11.8. The number of ether oxygens (including phenoxy) is 1. The van der Waals surface area contributed by atoms with Gasteiger partial charge in [0.15, 0.2) is 0 Å². The van der Waals surface area contributed by atoms with E-state index >= 15 is 0 Å². The highest BCUT2D eigenvalue weighted by Gasteiger charge is 2.28. The Morgan fingerprint density at radius 2 is 1.89 bits per heavy atom. The Labute approximate surface area is 110 Å². The minimum atomic E-state index is 0.560. The van der Waals surface area contributed by atoms with E-state index < -0.39 is 0 Å². The quantitative estimate of drug-likeness (QED) is 0.890. The van der Waals surface area contributed by atoms with Gasteiger partial charge in [0, 0.05) is 24.3 Å². The molecule has 1 heterocycles. The van der Waals surface area contributed by atoms with E-state index in [2.05, 4.69) is 43.2 Å². The number of methoxy groups -OCH3 is 1. The molecule has 1 N–H and O–H groups in total. The zero-order valence-electron chi connectivity index (χ0n) is 11.8. The zero-order chi connectivity index (χ0) is 13.1. The fraction of sp³-hybridized carbons (Fsp3) is 0.600. The van der Waals surface area contributed by atoms with Crippen molar-refractivity contribution in [1.29, 1.82) is 0 Å². The Balaban J connectivity index is 1.99. The van der Waals surface area contributed by atoms with Crippen molar-refractivity contribution in [1.82, 2.24) is 4.90 Å². The van der Waals surface area contributed by atoms with E-state index in [9.17, 15) is 0 Å². The monoisotopic (exact) mass is 248 g/mol. The average Bonchev–Trinajstić information content (AvgIpc) is 2.37. The van der Waals surface area contributed by atoms with Gasteiger partial charge in [-0.1, -0.05) is 6.92 Å². The van der Waals surface area contributed by atoms with Gasteiger partial charge in [0.1, 0.15) is 5.75 Å². The normalized spacial score (nSPS) is 29.0. The molecular weight excluding hydrogens is 224 g/mol. The molecule has 1 aromatic rings. The van der Waals surface area contributed by atoms with Crippen LogP contribution in [0.2, 0.25) is 0 Å². The summed E-state index contributed by atoms with van der Waals surface area (Å²) in [5.74, 6) is 1.58. The molecule has 3 nitrogen and oxygen atoms in total. The lowest BCUT2D eigenvalue weighted by molar-refractivity contribution is 0.145. The number of benzene rings is 1. The van der Waals surface area contributed by atoms with E-state index in [1.807, 2.05) is 12.1 Å². The summed E-state index contributed by atoms with van der Waals surface area (Å²) in [5.41, 5.74) is 1.18. The summed E-state index contributed by atoms with van der Waals surface area (Å²) < 4.78 is 5.18. The number of nitrogens with one attached hydrogen (secondary N) is 1. The molecule has 0 saturated carbocycles. The standard InChI is InChI=1S/C15H24N2O/c1-11-10-17(3)12(2)9-15(11)16-13-5-7-14(18-4)8-6-13/h5-8,11-12,15-16H,9-10H2,1-4H3. The Morgan fingerprint density at radius 1 is 1.22 bits per heavy atom. The predicted octanol–water partition coefficient (Wildman–Crippen LogP) is 2.84. The van der Waals surface area contributed by atoms with Gasteiger partial charge < -0.3 is 15.0 Å². The molecule has 0 radical (unpaired) electrons. The lowest BCUT2D eigenvalue weighted by atomic mass is 9.89. The number of rotatable bonds is 3. The average molecular weight is 248 g/mol. The summed E-state index contributed by atoms with van der Waals surface area (Å²) in [5, 5.41) is 3.65. The van der Waals surface area contributed by atoms with E-state index in [0.717, 1.165) is 12.3 Å². The summed E-state index contributed by atoms with van der Waals surface area (Å²) in [6.07, 6.45) is 1.20.